The van der Waals surface area contributed by atoms with Crippen LogP contribution in [0.15, 0.2) is 0 Å². The van der Waals surface area contributed by atoms with Crippen molar-refractivity contribution in [3.8, 4) is 0 Å². The Morgan fingerprint density at radius 2 is 1.45 bits per heavy atom. The molecule has 0 aromatic heterocycles. The van der Waals surface area contributed by atoms with E-state index >= 15 is 0 Å². The molecule has 0 amide bonds. The van der Waals surface area contributed by atoms with Crippen molar-refractivity contribution in [2.45, 2.75) is 6.92 Å². The first-order valence-electron chi connectivity index (χ1n) is 2.41. The van der Waals surface area contributed by atoms with Crippen molar-refractivity contribution < 1.29 is 14.4 Å². The Bertz CT molecular complexity index is 81.0. The second-order valence-electron chi connectivity index (χ2n) is 0.744. The molecule has 66 valence electrons. The van der Waals surface area contributed by atoms with Gasteiger partial charge in [-0.15, -0.1) is 0 Å². The van der Waals surface area contributed by atoms with Crippen LogP contribution in [0.4, 0.5) is 0 Å². The van der Waals surface area contributed by atoms with Crippen molar-refractivity contribution in [1.82, 2.24) is 0 Å². The number of hydrogen-bond donors (Lipinski definition) is 0. The fourth-order valence-corrected chi connectivity index (χ4v) is 0.204. The lowest BCUT2D eigenvalue weighted by atomic mass is 11.0. The van der Waals surface area contributed by atoms with Crippen molar-refractivity contribution in [2.24, 2.45) is 0 Å². The van der Waals surface area contributed by atoms with Gasteiger partial charge in [0.05, 0.1) is 0 Å². The summed E-state index contributed by atoms with van der Waals surface area (Å²) in [6.07, 6.45) is 0. The molecular formula is C5H8O3S3-2. The molecule has 0 atom stereocenters. The van der Waals surface area contributed by atoms with Gasteiger partial charge >= 0.3 is 0 Å². The highest BCUT2D eigenvalue weighted by Crippen LogP contribution is 1.86. The Labute approximate surface area is 81.1 Å². The molecule has 0 aromatic carbocycles. The van der Waals surface area contributed by atoms with Gasteiger partial charge < -0.3 is 34.8 Å². The largest absolute Gasteiger partial charge is 0.746 e. The average molecular weight is 212 g/mol. The highest BCUT2D eigenvalue weighted by atomic mass is 32.2. The third-order valence-electron chi connectivity index (χ3n) is 0.235. The van der Waals surface area contributed by atoms with E-state index in [0.717, 1.165) is 11.4 Å². The number of thioether (sulfide) groups is 1. The summed E-state index contributed by atoms with van der Waals surface area (Å²) in [6.45, 7) is 1.94. The molecule has 0 saturated carbocycles. The fourth-order valence-electron chi connectivity index (χ4n) is 0.0680. The molecule has 3 nitrogen and oxygen atoms in total. The van der Waals surface area contributed by atoms with E-state index in [0.29, 0.717) is 11.2 Å². The molecule has 0 fully saturated rings. The van der Waals surface area contributed by atoms with E-state index in [4.69, 9.17) is 9.59 Å². The molecule has 0 saturated heterocycles. The van der Waals surface area contributed by atoms with Crippen LogP contribution in [-0.4, -0.2) is 22.6 Å². The number of carbonyl (C=O) groups excluding carboxylic acids is 3. The maximum Gasteiger partial charge on any atom is 0.176 e. The summed E-state index contributed by atoms with van der Waals surface area (Å²) in [5, 5.41) is 0. The van der Waals surface area contributed by atoms with Crippen LogP contribution in [-0.2, 0) is 39.6 Å². The lowest BCUT2D eigenvalue weighted by Gasteiger charge is -1.69. The van der Waals surface area contributed by atoms with Crippen molar-refractivity contribution in [2.75, 3.05) is 5.75 Å². The predicted molar refractivity (Wildman–Crippen MR) is 53.1 cm³/mol. The molecule has 0 aliphatic rings. The third kappa shape index (κ3) is 184. The summed E-state index contributed by atoms with van der Waals surface area (Å²) in [5.41, 5.74) is 1.51. The zero-order valence-electron chi connectivity index (χ0n) is 5.89. The van der Waals surface area contributed by atoms with Gasteiger partial charge in [-0.25, -0.2) is 0 Å². The minimum Gasteiger partial charge on any atom is -0.746 e. The summed E-state index contributed by atoms with van der Waals surface area (Å²) in [5.74, 6) is 0.892. The van der Waals surface area contributed by atoms with Crippen LogP contribution >= 0.6 is 11.8 Å². The van der Waals surface area contributed by atoms with Gasteiger partial charge in [0.15, 0.2) is 5.62 Å². The van der Waals surface area contributed by atoms with E-state index in [-0.39, 0.29) is 0 Å². The molecule has 0 radical (unpaired) electrons. The maximum atomic E-state index is 9.37. The maximum absolute atomic E-state index is 9.37. The summed E-state index contributed by atoms with van der Waals surface area (Å²) in [4.78, 5) is 26.6. The van der Waals surface area contributed by atoms with Crippen molar-refractivity contribution >= 4 is 53.9 Å². The van der Waals surface area contributed by atoms with Crippen LogP contribution in [0.1, 0.15) is 6.92 Å². The van der Waals surface area contributed by atoms with Crippen LogP contribution < -0.4 is 0 Å². The summed E-state index contributed by atoms with van der Waals surface area (Å²) >= 11 is 8.71. The molecule has 0 N–H and O–H groups in total. The molecule has 0 heterocycles. The third-order valence-corrected chi connectivity index (χ3v) is 0.704. The topological polar surface area (TPSA) is 51.2 Å². The Kier molecular flexibility index (Phi) is 51.1. The summed E-state index contributed by atoms with van der Waals surface area (Å²) < 4.78 is 0. The molecule has 0 aliphatic heterocycles. The molecular weight excluding hydrogens is 204 g/mol. The van der Waals surface area contributed by atoms with E-state index in [1.807, 2.05) is 6.92 Å². The van der Waals surface area contributed by atoms with Crippen LogP contribution in [0.25, 0.3) is 0 Å². The monoisotopic (exact) mass is 212 g/mol. The van der Waals surface area contributed by atoms with Gasteiger partial charge in [-0.2, -0.15) is 0 Å². The minimum absolute atomic E-state index is 0.333. The Morgan fingerprint density at radius 3 is 1.45 bits per heavy atom. The van der Waals surface area contributed by atoms with Gasteiger partial charge in [0.25, 0.3) is 0 Å². The van der Waals surface area contributed by atoms with Gasteiger partial charge in [0, 0.05) is 0 Å². The molecule has 6 heteroatoms. The summed E-state index contributed by atoms with van der Waals surface area (Å²) in [6, 6.07) is 0. The van der Waals surface area contributed by atoms with Gasteiger partial charge in [-0.05, 0) is 17.0 Å². The summed E-state index contributed by atoms with van der Waals surface area (Å²) in [7, 11) is 0. The second-order valence-corrected chi connectivity index (χ2v) is 2.23. The van der Waals surface area contributed by atoms with Crippen LogP contribution in [0.5, 0.6) is 0 Å². The SMILES string of the molecule is CCSC=O.O=C[S-].O=C[S-]. The fraction of sp³-hybridized carbons (Fsp3) is 0.400. The van der Waals surface area contributed by atoms with E-state index in [2.05, 4.69) is 25.3 Å². The zero-order chi connectivity index (χ0) is 9.54. The highest BCUT2D eigenvalue weighted by Gasteiger charge is 1.66. The van der Waals surface area contributed by atoms with Crippen LogP contribution in [0.2, 0.25) is 0 Å². The quantitative estimate of drug-likeness (QED) is 0.487. The highest BCUT2D eigenvalue weighted by molar-refractivity contribution is 8.11. The van der Waals surface area contributed by atoms with Gasteiger partial charge in [0.2, 0.25) is 0 Å². The molecule has 0 bridgehead atoms. The zero-order valence-corrected chi connectivity index (χ0v) is 8.34. The van der Waals surface area contributed by atoms with Gasteiger partial charge in [-0.3, -0.25) is 4.79 Å². The Balaban J connectivity index is -0.0000000933. The normalized spacial score (nSPS) is 5.55. The van der Waals surface area contributed by atoms with E-state index in [1.54, 1.807) is 0 Å². The molecule has 0 spiro atoms. The number of hydrogen-bond acceptors (Lipinski definition) is 6. The number of rotatable bonds is 2. The molecule has 11 heavy (non-hydrogen) atoms. The lowest BCUT2D eigenvalue weighted by molar-refractivity contribution is 0.569. The Morgan fingerprint density at radius 1 is 1.18 bits per heavy atom. The molecule has 0 aliphatic carbocycles. The van der Waals surface area contributed by atoms with Crippen LogP contribution in [0, 0.1) is 0 Å². The average Bonchev–Trinajstić information content (AvgIpc) is 1.92. The predicted octanol–water partition coefficient (Wildman–Crippen LogP) is 0.377. The minimum atomic E-state index is 0.333. The first-order chi connectivity index (χ1) is 5.24. The second kappa shape index (κ2) is 32.9. The standard InChI is InChI=1S/C3H6OS.2CH2OS/c1-2-5-3-4;2*2-1-3/h3H,2H2,1H3;2*1H,(H,2,3)/p-2. The van der Waals surface area contributed by atoms with Crippen molar-refractivity contribution in [3.63, 3.8) is 0 Å². The van der Waals surface area contributed by atoms with Crippen LogP contribution in [0.3, 0.4) is 0 Å². The molecule has 0 rings (SSSR count). The first-order valence-corrected chi connectivity index (χ1v) is 4.40. The number of carbonyl (C=O) groups is 3. The van der Waals surface area contributed by atoms with Crippen molar-refractivity contribution in [1.29, 1.82) is 0 Å². The smallest absolute Gasteiger partial charge is 0.176 e. The lowest BCUT2D eigenvalue weighted by Crippen LogP contribution is -1.60. The van der Waals surface area contributed by atoms with Crippen molar-refractivity contribution in [3.05, 3.63) is 0 Å². The Hall–Kier alpha value is -0.200. The van der Waals surface area contributed by atoms with Gasteiger partial charge in [0.1, 0.15) is 0 Å². The van der Waals surface area contributed by atoms with E-state index in [9.17, 15) is 4.79 Å². The molecule has 0 unspecified atom stereocenters. The molecule has 0 aromatic rings. The first kappa shape index (κ1) is 17.0. The van der Waals surface area contributed by atoms with Gasteiger partial charge in [-0.1, -0.05) is 18.7 Å². The van der Waals surface area contributed by atoms with E-state index < -0.39 is 0 Å². The van der Waals surface area contributed by atoms with E-state index in [1.165, 1.54) is 11.8 Å².